The van der Waals surface area contributed by atoms with Crippen LogP contribution in [0.25, 0.3) is 10.8 Å². The number of anilines is 2. The average Bonchev–Trinajstić information content (AvgIpc) is 3.00. The third-order valence-electron chi connectivity index (χ3n) is 6.39. The molecule has 4 aromatic rings. The van der Waals surface area contributed by atoms with E-state index in [0.29, 0.717) is 18.2 Å². The smallest absolute Gasteiger partial charge is 0.545 e. The fraction of sp³-hybridized carbons (Fsp3) is 0.103. The zero-order chi connectivity index (χ0) is 34.0. The Morgan fingerprint density at radius 2 is 1.48 bits per heavy atom. The topological polar surface area (TPSA) is 258 Å². The predicted molar refractivity (Wildman–Crippen MR) is 159 cm³/mol. The van der Waals surface area contributed by atoms with E-state index in [9.17, 15) is 51.8 Å². The monoisotopic (exact) mass is 741 g/mol. The molecule has 236 valence electrons. The van der Waals surface area contributed by atoms with Gasteiger partial charge in [0, 0.05) is 23.4 Å². The summed E-state index contributed by atoms with van der Waals surface area (Å²) in [7, 11) is -8.66. The number of sulfone groups is 1. The number of amides is 1. The maximum atomic E-state index is 13.4. The summed E-state index contributed by atoms with van der Waals surface area (Å²) in [5, 5.41) is 53.6. The molecule has 0 aromatic heterocycles. The number of nitrogens with one attached hydrogen (secondary N) is 2. The van der Waals surface area contributed by atoms with E-state index in [0.717, 1.165) is 18.4 Å². The molecule has 0 fully saturated rings. The van der Waals surface area contributed by atoms with Gasteiger partial charge in [0.25, 0.3) is 10.0 Å². The molecule has 4 aromatic carbocycles. The van der Waals surface area contributed by atoms with Gasteiger partial charge >= 0.3 is 103 Å². The summed E-state index contributed by atoms with van der Waals surface area (Å²) < 4.78 is 53.9. The maximum absolute atomic E-state index is 13.4. The van der Waals surface area contributed by atoms with Gasteiger partial charge in [-0.05, 0) is 59.7 Å². The van der Waals surface area contributed by atoms with Gasteiger partial charge in [0.2, 0.25) is 5.91 Å². The second-order valence-electron chi connectivity index (χ2n) is 9.61. The van der Waals surface area contributed by atoms with Gasteiger partial charge in [-0.3, -0.25) is 9.52 Å². The van der Waals surface area contributed by atoms with Crippen LogP contribution < -0.4 is 123 Å². The van der Waals surface area contributed by atoms with Crippen LogP contribution in [0, 0.1) is 11.3 Å². The third kappa shape index (κ3) is 9.55. The van der Waals surface area contributed by atoms with E-state index in [2.05, 4.69) is 20.3 Å². The van der Waals surface area contributed by atoms with E-state index >= 15 is 0 Å². The van der Waals surface area contributed by atoms with E-state index < -0.39 is 59.5 Å². The van der Waals surface area contributed by atoms with Gasteiger partial charge in [-0.1, -0.05) is 19.1 Å². The minimum atomic E-state index is -4.75. The van der Waals surface area contributed by atoms with Crippen LogP contribution in [-0.2, 0) is 24.7 Å². The molecule has 0 spiro atoms. The number of phenols is 1. The molecule has 0 aliphatic rings. The minimum absolute atomic E-state index is 0. The van der Waals surface area contributed by atoms with Gasteiger partial charge in [-0.25, -0.2) is 16.8 Å². The average molecular weight is 742 g/mol. The van der Waals surface area contributed by atoms with Crippen LogP contribution >= 0.6 is 0 Å². The fourth-order valence-electron chi connectivity index (χ4n) is 4.21. The van der Waals surface area contributed by atoms with Gasteiger partial charge in [0.05, 0.1) is 50.4 Å². The number of rotatable bonds is 10. The molecule has 0 aliphatic heterocycles. The van der Waals surface area contributed by atoms with Crippen molar-refractivity contribution >= 4 is 71.2 Å². The molecular formula is C29H21K2N5O10S2. The molecule has 0 atom stereocenters. The zero-order valence-corrected chi connectivity index (χ0v) is 33.6. The van der Waals surface area contributed by atoms with Crippen LogP contribution in [0.15, 0.2) is 80.7 Å². The second-order valence-corrected chi connectivity index (χ2v) is 13.3. The SMILES string of the molecule is CCC(=O)Nc1cc(N=Nc2ccc(C#N)cc2S(C)(=O)=O)c2c(NS(=O)(=O)c3cc(C(=O)[O-])cc(C(=O)[O-])c3)cccc2c1O.[K+].[K+]. The number of aromatic carboxylic acids is 2. The molecule has 0 saturated carbocycles. The second kappa shape index (κ2) is 16.9. The van der Waals surface area contributed by atoms with Crippen LogP contribution in [0.5, 0.6) is 5.75 Å². The Labute approximate surface area is 359 Å². The predicted octanol–water partition coefficient (Wildman–Crippen LogP) is -3.88. The molecule has 19 heteroatoms. The van der Waals surface area contributed by atoms with Crippen molar-refractivity contribution in [2.45, 2.75) is 23.1 Å². The van der Waals surface area contributed by atoms with Crippen molar-refractivity contribution in [2.24, 2.45) is 10.2 Å². The first-order valence-electron chi connectivity index (χ1n) is 12.9. The number of nitriles is 1. The van der Waals surface area contributed by atoms with Gasteiger partial charge in [-0.15, -0.1) is 10.2 Å². The molecular weight excluding hydrogens is 721 g/mol. The number of aromatic hydroxyl groups is 1. The zero-order valence-electron chi connectivity index (χ0n) is 25.8. The number of carbonyl (C=O) groups is 3. The van der Waals surface area contributed by atoms with Gasteiger partial charge in [0.1, 0.15) is 11.4 Å². The van der Waals surface area contributed by atoms with Crippen LogP contribution in [0.1, 0.15) is 39.6 Å². The van der Waals surface area contributed by atoms with E-state index in [1.807, 2.05) is 6.07 Å². The molecule has 0 aliphatic carbocycles. The number of carboxylic acid groups (broad SMARTS) is 2. The summed E-state index contributed by atoms with van der Waals surface area (Å²) in [5.41, 5.74) is -2.25. The molecule has 1 amide bonds. The van der Waals surface area contributed by atoms with E-state index in [4.69, 9.17) is 0 Å². The summed E-state index contributed by atoms with van der Waals surface area (Å²) in [6.07, 6.45) is 0.918. The van der Waals surface area contributed by atoms with Crippen molar-refractivity contribution in [2.75, 3.05) is 16.3 Å². The van der Waals surface area contributed by atoms with Crippen LogP contribution in [0.2, 0.25) is 0 Å². The van der Waals surface area contributed by atoms with Crippen molar-refractivity contribution in [3.05, 3.63) is 77.4 Å². The Kier molecular flexibility index (Phi) is 14.6. The fourth-order valence-corrected chi connectivity index (χ4v) is 6.18. The molecule has 15 nitrogen and oxygen atoms in total. The van der Waals surface area contributed by atoms with Crippen molar-refractivity contribution in [1.82, 2.24) is 0 Å². The minimum Gasteiger partial charge on any atom is -0.545 e. The number of phenolic OH excluding ortho intramolecular Hbond substituents is 1. The first-order valence-corrected chi connectivity index (χ1v) is 16.3. The number of sulfonamides is 1. The van der Waals surface area contributed by atoms with E-state index in [1.165, 1.54) is 30.3 Å². The number of azo groups is 1. The summed E-state index contributed by atoms with van der Waals surface area (Å²) in [6, 6.07) is 12.5. The first-order chi connectivity index (χ1) is 21.5. The van der Waals surface area contributed by atoms with Gasteiger partial charge in [0.15, 0.2) is 9.84 Å². The number of carboxylic acids is 2. The van der Waals surface area contributed by atoms with Crippen molar-refractivity contribution in [3.63, 3.8) is 0 Å². The molecule has 0 bridgehead atoms. The molecule has 0 unspecified atom stereocenters. The Bertz CT molecular complexity index is 2220. The standard InChI is InChI=1S/C29H23N5O10S2.2K/c1-3-25(35)31-23-13-22(33-32-20-8-7-15(14-30)9-24(20)45(2,41)42)26-19(27(23)36)5-4-6-21(26)34-46(43,44)18-11-16(28(37)38)10-17(12-18)29(39)40;;/h4-13,34,36H,3H2,1-2H3,(H,31,35)(H,37,38)(H,39,40);;/q;2*+1/p-2. The molecule has 3 N–H and O–H groups in total. The number of hydrogen-bond donors (Lipinski definition) is 3. The largest absolute Gasteiger partial charge is 1.00 e. The molecule has 0 heterocycles. The summed E-state index contributed by atoms with van der Waals surface area (Å²) in [5.74, 6) is -4.70. The molecule has 0 saturated heterocycles. The van der Waals surface area contributed by atoms with Crippen molar-refractivity contribution in [3.8, 4) is 11.8 Å². The number of carbonyl (C=O) groups excluding carboxylic acids is 3. The number of nitrogens with zero attached hydrogens (tertiary/aromatic N) is 3. The van der Waals surface area contributed by atoms with Gasteiger partial charge in [-0.2, -0.15) is 5.26 Å². The Morgan fingerprint density at radius 3 is 2.02 bits per heavy atom. The summed E-state index contributed by atoms with van der Waals surface area (Å²) >= 11 is 0. The van der Waals surface area contributed by atoms with Crippen LogP contribution in [0.4, 0.5) is 22.7 Å². The number of hydrogen-bond acceptors (Lipinski definition) is 13. The molecule has 48 heavy (non-hydrogen) atoms. The Morgan fingerprint density at radius 1 is 0.875 bits per heavy atom. The normalized spacial score (nSPS) is 11.2. The molecule has 4 rings (SSSR count). The Balaban J connectivity index is 0.00000400. The summed E-state index contributed by atoms with van der Waals surface area (Å²) in [4.78, 5) is 33.9. The van der Waals surface area contributed by atoms with Crippen molar-refractivity contribution in [1.29, 1.82) is 5.26 Å². The molecule has 0 radical (unpaired) electrons. The van der Waals surface area contributed by atoms with E-state index in [-0.39, 0.29) is 153 Å². The third-order valence-corrected chi connectivity index (χ3v) is 8.86. The maximum Gasteiger partial charge on any atom is 1.00 e. The quantitative estimate of drug-likeness (QED) is 0.0805. The van der Waals surface area contributed by atoms with Gasteiger partial charge < -0.3 is 30.2 Å². The van der Waals surface area contributed by atoms with Crippen LogP contribution in [-0.4, -0.2) is 46.0 Å². The number of benzene rings is 4. The summed E-state index contributed by atoms with van der Waals surface area (Å²) in [6.45, 7) is 1.56. The van der Waals surface area contributed by atoms with Crippen molar-refractivity contribution < 1.29 is 149 Å². The first kappa shape index (κ1) is 41.6. The Hall–Kier alpha value is -2.59. The van der Waals surface area contributed by atoms with Crippen LogP contribution in [0.3, 0.4) is 0 Å². The number of fused-ring (bicyclic) bond motifs is 1. The van der Waals surface area contributed by atoms with E-state index in [1.54, 1.807) is 6.92 Å².